The lowest BCUT2D eigenvalue weighted by Crippen LogP contribution is -2.29. The molecule has 6 heteroatoms. The van der Waals surface area contributed by atoms with Gasteiger partial charge in [0, 0.05) is 23.5 Å². The van der Waals surface area contributed by atoms with Crippen LogP contribution >= 0.6 is 0 Å². The van der Waals surface area contributed by atoms with Gasteiger partial charge in [-0.25, -0.2) is 0 Å². The first-order valence-electron chi connectivity index (χ1n) is 7.07. The lowest BCUT2D eigenvalue weighted by atomic mass is 10.1. The van der Waals surface area contributed by atoms with Crippen molar-refractivity contribution in [2.45, 2.75) is 6.54 Å². The minimum absolute atomic E-state index is 0.183. The Labute approximate surface area is 132 Å². The molecule has 0 fully saturated rings. The van der Waals surface area contributed by atoms with Crippen molar-refractivity contribution in [1.29, 1.82) is 0 Å². The lowest BCUT2D eigenvalue weighted by Gasteiger charge is -2.15. The maximum atomic E-state index is 12.2. The molecule has 6 nitrogen and oxygen atoms in total. The molecule has 2 heterocycles. The number of amides is 1. The van der Waals surface area contributed by atoms with E-state index in [0.29, 0.717) is 11.3 Å². The zero-order chi connectivity index (χ0) is 16.4. The molecule has 0 radical (unpaired) electrons. The predicted octanol–water partition coefficient (Wildman–Crippen LogP) is 2.40. The van der Waals surface area contributed by atoms with Gasteiger partial charge in [-0.05, 0) is 36.4 Å². The van der Waals surface area contributed by atoms with Gasteiger partial charge in [-0.3, -0.25) is 9.59 Å². The van der Waals surface area contributed by atoms with Crippen LogP contribution in [0.15, 0.2) is 51.9 Å². The Morgan fingerprint density at radius 2 is 2.13 bits per heavy atom. The van der Waals surface area contributed by atoms with Crippen molar-refractivity contribution in [1.82, 2.24) is 9.88 Å². The maximum Gasteiger partial charge on any atom is 0.289 e. The lowest BCUT2D eigenvalue weighted by molar-refractivity contribution is 0.0753. The quantitative estimate of drug-likeness (QED) is 0.802. The molecule has 3 rings (SSSR count). The van der Waals surface area contributed by atoms with Crippen LogP contribution in [0.2, 0.25) is 0 Å². The Kier molecular flexibility index (Phi) is 3.89. The fraction of sp³-hybridized carbons (Fsp3) is 0.176. The van der Waals surface area contributed by atoms with Crippen LogP contribution in [-0.2, 0) is 6.54 Å². The summed E-state index contributed by atoms with van der Waals surface area (Å²) in [4.78, 5) is 28.6. The number of ether oxygens (including phenoxy) is 1. The van der Waals surface area contributed by atoms with Crippen molar-refractivity contribution in [2.75, 3.05) is 14.2 Å². The zero-order valence-corrected chi connectivity index (χ0v) is 12.8. The molecule has 0 saturated heterocycles. The van der Waals surface area contributed by atoms with E-state index < -0.39 is 0 Å². The average molecular weight is 312 g/mol. The number of hydrogen-bond acceptors (Lipinski definition) is 4. The summed E-state index contributed by atoms with van der Waals surface area (Å²) < 4.78 is 10.3. The molecule has 1 amide bonds. The van der Waals surface area contributed by atoms with E-state index in [2.05, 4.69) is 4.98 Å². The van der Waals surface area contributed by atoms with Gasteiger partial charge in [-0.1, -0.05) is 0 Å². The number of furan rings is 1. The Balaban J connectivity index is 1.91. The Morgan fingerprint density at radius 3 is 2.83 bits per heavy atom. The van der Waals surface area contributed by atoms with E-state index in [4.69, 9.17) is 9.15 Å². The smallest absolute Gasteiger partial charge is 0.289 e. The van der Waals surface area contributed by atoms with Gasteiger partial charge in [-0.15, -0.1) is 0 Å². The second-order valence-electron chi connectivity index (χ2n) is 5.22. The molecule has 23 heavy (non-hydrogen) atoms. The highest BCUT2D eigenvalue weighted by atomic mass is 16.5. The summed E-state index contributed by atoms with van der Waals surface area (Å²) in [6.07, 6.45) is 1.44. The van der Waals surface area contributed by atoms with Crippen molar-refractivity contribution >= 4 is 16.8 Å². The van der Waals surface area contributed by atoms with Crippen LogP contribution in [0, 0.1) is 0 Å². The SMILES string of the molecule is COc1ccc2[nH]c(=O)c(CN(C)C(=O)c3ccco3)cc2c1. The van der Waals surface area contributed by atoms with Gasteiger partial charge < -0.3 is 19.0 Å². The molecule has 0 aliphatic rings. The number of pyridine rings is 1. The summed E-state index contributed by atoms with van der Waals surface area (Å²) in [6.45, 7) is 0.183. The first-order valence-corrected chi connectivity index (χ1v) is 7.07. The largest absolute Gasteiger partial charge is 0.497 e. The number of carbonyl (C=O) groups excluding carboxylic acids is 1. The van der Waals surface area contributed by atoms with Crippen LogP contribution in [0.25, 0.3) is 10.9 Å². The summed E-state index contributed by atoms with van der Waals surface area (Å²) in [5, 5.41) is 0.845. The van der Waals surface area contributed by atoms with Crippen LogP contribution in [0.3, 0.4) is 0 Å². The molecular weight excluding hydrogens is 296 g/mol. The fourth-order valence-electron chi connectivity index (χ4n) is 2.39. The topological polar surface area (TPSA) is 75.5 Å². The van der Waals surface area contributed by atoms with Crippen LogP contribution in [-0.4, -0.2) is 29.9 Å². The van der Waals surface area contributed by atoms with E-state index in [9.17, 15) is 9.59 Å². The normalized spacial score (nSPS) is 10.7. The monoisotopic (exact) mass is 312 g/mol. The molecule has 0 aliphatic heterocycles. The van der Waals surface area contributed by atoms with Gasteiger partial charge in [-0.2, -0.15) is 0 Å². The number of nitrogens with zero attached hydrogens (tertiary/aromatic N) is 1. The third kappa shape index (κ3) is 2.96. The van der Waals surface area contributed by atoms with E-state index >= 15 is 0 Å². The first-order chi connectivity index (χ1) is 11.1. The standard InChI is InChI=1S/C17H16N2O4/c1-19(17(21)15-4-3-7-23-15)10-12-8-11-9-13(22-2)5-6-14(11)18-16(12)20/h3-9H,10H2,1-2H3,(H,18,20). The molecule has 0 spiro atoms. The van der Waals surface area contributed by atoms with Crippen molar-refractivity contribution in [3.05, 3.63) is 64.3 Å². The van der Waals surface area contributed by atoms with Crippen molar-refractivity contribution in [3.8, 4) is 5.75 Å². The number of H-pyrrole nitrogens is 1. The average Bonchev–Trinajstić information content (AvgIpc) is 3.08. The van der Waals surface area contributed by atoms with E-state index in [1.54, 1.807) is 44.5 Å². The molecule has 0 bridgehead atoms. The molecule has 0 aliphatic carbocycles. The van der Waals surface area contributed by atoms with Gasteiger partial charge in [0.2, 0.25) is 0 Å². The van der Waals surface area contributed by atoms with Gasteiger partial charge in [0.25, 0.3) is 11.5 Å². The summed E-state index contributed by atoms with van der Waals surface area (Å²) in [5.41, 5.74) is 0.995. The van der Waals surface area contributed by atoms with E-state index in [1.165, 1.54) is 11.2 Å². The second kappa shape index (κ2) is 6.00. The highest BCUT2D eigenvalue weighted by Gasteiger charge is 2.16. The number of nitrogens with one attached hydrogen (secondary N) is 1. The van der Waals surface area contributed by atoms with E-state index in [1.807, 2.05) is 6.07 Å². The number of aromatic nitrogens is 1. The molecule has 3 aromatic rings. The van der Waals surface area contributed by atoms with Crippen molar-refractivity contribution in [3.63, 3.8) is 0 Å². The summed E-state index contributed by atoms with van der Waals surface area (Å²) >= 11 is 0. The number of hydrogen-bond donors (Lipinski definition) is 1. The highest BCUT2D eigenvalue weighted by molar-refractivity contribution is 5.91. The molecular formula is C17H16N2O4. The first kappa shape index (κ1) is 14.9. The van der Waals surface area contributed by atoms with Crippen LogP contribution in [0.4, 0.5) is 0 Å². The third-order valence-corrected chi connectivity index (χ3v) is 3.61. The molecule has 118 valence electrons. The Hall–Kier alpha value is -3.02. The molecule has 1 aromatic carbocycles. The molecule has 0 atom stereocenters. The summed E-state index contributed by atoms with van der Waals surface area (Å²) in [7, 11) is 3.21. The highest BCUT2D eigenvalue weighted by Crippen LogP contribution is 2.19. The number of benzene rings is 1. The van der Waals surface area contributed by atoms with E-state index in [-0.39, 0.29) is 23.8 Å². The number of aromatic amines is 1. The predicted molar refractivity (Wildman–Crippen MR) is 85.6 cm³/mol. The number of methoxy groups -OCH3 is 1. The number of rotatable bonds is 4. The van der Waals surface area contributed by atoms with Crippen LogP contribution in [0.1, 0.15) is 16.1 Å². The van der Waals surface area contributed by atoms with Gasteiger partial charge in [0.15, 0.2) is 5.76 Å². The van der Waals surface area contributed by atoms with Crippen LogP contribution in [0.5, 0.6) is 5.75 Å². The molecule has 2 aromatic heterocycles. The van der Waals surface area contributed by atoms with Crippen molar-refractivity contribution < 1.29 is 13.9 Å². The van der Waals surface area contributed by atoms with Gasteiger partial charge >= 0.3 is 0 Å². The zero-order valence-electron chi connectivity index (χ0n) is 12.8. The van der Waals surface area contributed by atoms with Gasteiger partial charge in [0.1, 0.15) is 5.75 Å². The summed E-state index contributed by atoms with van der Waals surface area (Å²) in [5.74, 6) is 0.669. The minimum atomic E-state index is -0.278. The fourth-order valence-corrected chi connectivity index (χ4v) is 2.39. The Bertz CT molecular complexity index is 897. The third-order valence-electron chi connectivity index (χ3n) is 3.61. The molecule has 0 unspecified atom stereocenters. The minimum Gasteiger partial charge on any atom is -0.497 e. The molecule has 0 saturated carbocycles. The van der Waals surface area contributed by atoms with Crippen molar-refractivity contribution in [2.24, 2.45) is 0 Å². The van der Waals surface area contributed by atoms with Crippen LogP contribution < -0.4 is 10.3 Å². The number of carbonyl (C=O) groups is 1. The second-order valence-corrected chi connectivity index (χ2v) is 5.22. The number of fused-ring (bicyclic) bond motifs is 1. The summed E-state index contributed by atoms with van der Waals surface area (Å²) in [6, 6.07) is 10.4. The van der Waals surface area contributed by atoms with Gasteiger partial charge in [0.05, 0.1) is 19.9 Å². The van der Waals surface area contributed by atoms with E-state index in [0.717, 1.165) is 10.9 Å². The Morgan fingerprint density at radius 1 is 1.30 bits per heavy atom. The molecule has 1 N–H and O–H groups in total. The maximum absolute atomic E-state index is 12.2.